The first-order valence-corrected chi connectivity index (χ1v) is 9.29. The van der Waals surface area contributed by atoms with E-state index in [9.17, 15) is 9.59 Å². The smallest absolute Gasteiger partial charge is 0.253 e. The van der Waals surface area contributed by atoms with Crippen LogP contribution in [-0.2, 0) is 0 Å². The molecule has 1 fully saturated rings. The summed E-state index contributed by atoms with van der Waals surface area (Å²) < 4.78 is 5.27. The van der Waals surface area contributed by atoms with Gasteiger partial charge >= 0.3 is 0 Å². The Morgan fingerprint density at radius 1 is 0.852 bits per heavy atom. The summed E-state index contributed by atoms with van der Waals surface area (Å²) in [4.78, 5) is 29.3. The minimum Gasteiger partial charge on any atom is -0.496 e. The van der Waals surface area contributed by atoms with Gasteiger partial charge in [-0.2, -0.15) is 0 Å². The molecule has 1 aliphatic rings. The zero-order chi connectivity index (χ0) is 19.4. The van der Waals surface area contributed by atoms with Gasteiger partial charge in [0.25, 0.3) is 11.8 Å². The van der Waals surface area contributed by atoms with Crippen molar-refractivity contribution in [2.45, 2.75) is 20.3 Å². The Kier molecular flexibility index (Phi) is 5.79. The minimum absolute atomic E-state index is 0.00519. The first-order valence-electron chi connectivity index (χ1n) is 9.29. The number of rotatable bonds is 3. The number of hydrogen-bond donors (Lipinski definition) is 0. The largest absolute Gasteiger partial charge is 0.496 e. The first-order chi connectivity index (χ1) is 13.0. The fourth-order valence-electron chi connectivity index (χ4n) is 3.48. The van der Waals surface area contributed by atoms with Crippen LogP contribution >= 0.6 is 0 Å². The average Bonchev–Trinajstić information content (AvgIpc) is 2.93. The maximum absolute atomic E-state index is 12.9. The average molecular weight is 366 g/mol. The van der Waals surface area contributed by atoms with Crippen LogP contribution in [0.25, 0.3) is 0 Å². The number of nitrogens with zero attached hydrogens (tertiary/aromatic N) is 2. The predicted molar refractivity (Wildman–Crippen MR) is 105 cm³/mol. The molecule has 0 unspecified atom stereocenters. The lowest BCUT2D eigenvalue weighted by molar-refractivity contribution is 0.0718. The molecule has 2 aromatic rings. The number of methoxy groups -OCH3 is 1. The lowest BCUT2D eigenvalue weighted by atomic mass is 10.1. The number of ether oxygens (including phenoxy) is 1. The highest BCUT2D eigenvalue weighted by atomic mass is 16.5. The fraction of sp³-hybridized carbons (Fsp3) is 0.364. The van der Waals surface area contributed by atoms with Crippen LogP contribution in [-0.4, -0.2) is 54.9 Å². The van der Waals surface area contributed by atoms with Crippen LogP contribution in [0.5, 0.6) is 5.75 Å². The second-order valence-electron chi connectivity index (χ2n) is 6.99. The van der Waals surface area contributed by atoms with Gasteiger partial charge in [-0.15, -0.1) is 0 Å². The quantitative estimate of drug-likeness (QED) is 0.837. The molecule has 2 aromatic carbocycles. The van der Waals surface area contributed by atoms with Crippen LogP contribution in [0.3, 0.4) is 0 Å². The van der Waals surface area contributed by atoms with Gasteiger partial charge in [0, 0.05) is 37.3 Å². The molecule has 1 heterocycles. The summed E-state index contributed by atoms with van der Waals surface area (Å²) in [6.45, 7) is 6.32. The Labute approximate surface area is 160 Å². The van der Waals surface area contributed by atoms with Gasteiger partial charge < -0.3 is 14.5 Å². The van der Waals surface area contributed by atoms with Gasteiger partial charge in [-0.05, 0) is 56.2 Å². The monoisotopic (exact) mass is 366 g/mol. The Morgan fingerprint density at radius 3 is 2.04 bits per heavy atom. The molecule has 27 heavy (non-hydrogen) atoms. The maximum atomic E-state index is 12.9. The predicted octanol–water partition coefficient (Wildman–Crippen LogP) is 3.30. The van der Waals surface area contributed by atoms with Crippen molar-refractivity contribution in [3.05, 3.63) is 64.7 Å². The van der Waals surface area contributed by atoms with E-state index in [1.54, 1.807) is 13.2 Å². The number of aryl methyl sites for hydroxylation is 2. The number of carbonyl (C=O) groups is 2. The Morgan fingerprint density at radius 2 is 1.48 bits per heavy atom. The van der Waals surface area contributed by atoms with Crippen LogP contribution in [0.1, 0.15) is 38.3 Å². The normalized spacial score (nSPS) is 14.6. The second-order valence-corrected chi connectivity index (χ2v) is 6.99. The lowest BCUT2D eigenvalue weighted by Crippen LogP contribution is -2.37. The van der Waals surface area contributed by atoms with Crippen molar-refractivity contribution in [3.63, 3.8) is 0 Å². The Hall–Kier alpha value is -2.82. The zero-order valence-electron chi connectivity index (χ0n) is 16.2. The zero-order valence-corrected chi connectivity index (χ0v) is 16.2. The van der Waals surface area contributed by atoms with Crippen molar-refractivity contribution in [2.24, 2.45) is 0 Å². The summed E-state index contributed by atoms with van der Waals surface area (Å²) in [5.41, 5.74) is 3.38. The van der Waals surface area contributed by atoms with Gasteiger partial charge in [0.15, 0.2) is 0 Å². The van der Waals surface area contributed by atoms with Crippen LogP contribution in [0, 0.1) is 13.8 Å². The summed E-state index contributed by atoms with van der Waals surface area (Å²) in [7, 11) is 1.62. The van der Waals surface area contributed by atoms with Crippen molar-refractivity contribution in [1.29, 1.82) is 0 Å². The molecule has 1 saturated heterocycles. The highest BCUT2D eigenvalue weighted by Crippen LogP contribution is 2.20. The van der Waals surface area contributed by atoms with Crippen molar-refractivity contribution < 1.29 is 14.3 Å². The van der Waals surface area contributed by atoms with Crippen molar-refractivity contribution >= 4 is 11.8 Å². The topological polar surface area (TPSA) is 49.9 Å². The van der Waals surface area contributed by atoms with Gasteiger partial charge in [0.05, 0.1) is 7.11 Å². The maximum Gasteiger partial charge on any atom is 0.253 e. The van der Waals surface area contributed by atoms with Crippen LogP contribution in [0.15, 0.2) is 42.5 Å². The van der Waals surface area contributed by atoms with E-state index in [2.05, 4.69) is 0 Å². The van der Waals surface area contributed by atoms with E-state index < -0.39 is 0 Å². The van der Waals surface area contributed by atoms with Crippen molar-refractivity contribution in [3.8, 4) is 5.75 Å². The number of benzene rings is 2. The van der Waals surface area contributed by atoms with E-state index in [-0.39, 0.29) is 11.8 Å². The molecule has 5 nitrogen and oxygen atoms in total. The van der Waals surface area contributed by atoms with E-state index in [0.29, 0.717) is 37.3 Å². The van der Waals surface area contributed by atoms with Gasteiger partial charge in [-0.3, -0.25) is 9.59 Å². The molecule has 1 aliphatic heterocycles. The summed E-state index contributed by atoms with van der Waals surface area (Å²) in [5, 5.41) is 0. The molecule has 0 N–H and O–H groups in total. The van der Waals surface area contributed by atoms with E-state index in [4.69, 9.17) is 4.74 Å². The molecular weight excluding hydrogens is 340 g/mol. The highest BCUT2D eigenvalue weighted by Gasteiger charge is 2.23. The summed E-state index contributed by atoms with van der Waals surface area (Å²) in [6, 6.07) is 13.1. The molecule has 0 aliphatic carbocycles. The Bertz CT molecular complexity index is 847. The van der Waals surface area contributed by atoms with Crippen molar-refractivity contribution in [2.75, 3.05) is 33.3 Å². The van der Waals surface area contributed by atoms with Gasteiger partial charge in [0.2, 0.25) is 0 Å². The summed E-state index contributed by atoms with van der Waals surface area (Å²) >= 11 is 0. The first kappa shape index (κ1) is 19.0. The summed E-state index contributed by atoms with van der Waals surface area (Å²) in [5.74, 6) is 0.816. The third-order valence-corrected chi connectivity index (χ3v) is 4.98. The van der Waals surface area contributed by atoms with Crippen LogP contribution in [0.4, 0.5) is 0 Å². The molecule has 0 radical (unpaired) electrons. The number of carbonyl (C=O) groups excluding carboxylic acids is 2. The molecule has 5 heteroatoms. The molecular formula is C22H26N2O3. The molecule has 0 bridgehead atoms. The van der Waals surface area contributed by atoms with E-state index in [1.807, 2.05) is 60.0 Å². The van der Waals surface area contributed by atoms with Crippen molar-refractivity contribution in [1.82, 2.24) is 9.80 Å². The molecule has 2 amide bonds. The SMILES string of the molecule is COc1ccc(C(=O)N2CCCN(C(=O)c3cccc(C)c3)CC2)cc1C. The fourth-order valence-corrected chi connectivity index (χ4v) is 3.48. The third kappa shape index (κ3) is 4.30. The Balaban J connectivity index is 1.68. The number of hydrogen-bond acceptors (Lipinski definition) is 3. The van der Waals surface area contributed by atoms with E-state index in [1.165, 1.54) is 0 Å². The highest BCUT2D eigenvalue weighted by molar-refractivity contribution is 5.95. The standard InChI is InChI=1S/C22H26N2O3/c1-16-6-4-7-18(14-16)21(25)23-10-5-11-24(13-12-23)22(26)19-8-9-20(27-3)17(2)15-19/h4,6-9,14-15H,5,10-13H2,1-3H3. The molecule has 0 atom stereocenters. The van der Waals surface area contributed by atoms with Gasteiger partial charge in [-0.25, -0.2) is 0 Å². The number of amides is 2. The van der Waals surface area contributed by atoms with E-state index in [0.717, 1.165) is 23.3 Å². The summed E-state index contributed by atoms with van der Waals surface area (Å²) in [6.07, 6.45) is 0.776. The molecule has 0 saturated carbocycles. The van der Waals surface area contributed by atoms with Gasteiger partial charge in [0.1, 0.15) is 5.75 Å². The third-order valence-electron chi connectivity index (χ3n) is 4.98. The van der Waals surface area contributed by atoms with Crippen LogP contribution < -0.4 is 4.74 Å². The molecule has 0 spiro atoms. The van der Waals surface area contributed by atoms with Gasteiger partial charge in [-0.1, -0.05) is 17.7 Å². The molecule has 0 aromatic heterocycles. The molecule has 3 rings (SSSR count). The van der Waals surface area contributed by atoms with E-state index >= 15 is 0 Å². The lowest BCUT2D eigenvalue weighted by Gasteiger charge is -2.22. The minimum atomic E-state index is 0.00519. The van der Waals surface area contributed by atoms with Crippen LogP contribution in [0.2, 0.25) is 0 Å². The molecule has 142 valence electrons. The second kappa shape index (κ2) is 8.25.